The zero-order valence-electron chi connectivity index (χ0n) is 17.7. The van der Waals surface area contributed by atoms with Crippen molar-refractivity contribution in [2.45, 2.75) is 0 Å². The molecule has 4 rings (SSSR count). The van der Waals surface area contributed by atoms with Crippen LogP contribution in [0.25, 0.3) is 11.1 Å². The number of hydrogen-bond acceptors (Lipinski definition) is 4. The van der Waals surface area contributed by atoms with Gasteiger partial charge in [-0.2, -0.15) is 0 Å². The second kappa shape index (κ2) is 9.97. The Kier molecular flexibility index (Phi) is 6.66. The molecule has 2 N–H and O–H groups in total. The van der Waals surface area contributed by atoms with Crippen molar-refractivity contribution in [1.29, 1.82) is 0 Å². The van der Waals surface area contributed by atoms with E-state index in [4.69, 9.17) is 16.3 Å². The minimum Gasteiger partial charge on any atom is -0.496 e. The zero-order valence-corrected chi connectivity index (χ0v) is 18.5. The van der Waals surface area contributed by atoms with Crippen molar-refractivity contribution < 1.29 is 14.3 Å². The van der Waals surface area contributed by atoms with Gasteiger partial charge in [-0.15, -0.1) is 0 Å². The number of halogens is 1. The maximum absolute atomic E-state index is 12.8. The predicted molar refractivity (Wildman–Crippen MR) is 130 cm³/mol. The quantitative estimate of drug-likeness (QED) is 0.377. The third-order valence-electron chi connectivity index (χ3n) is 4.98. The summed E-state index contributed by atoms with van der Waals surface area (Å²) in [6.07, 6.45) is 2.96. The summed E-state index contributed by atoms with van der Waals surface area (Å²) >= 11 is 6.08. The molecule has 7 heteroatoms. The highest BCUT2D eigenvalue weighted by molar-refractivity contribution is 6.33. The number of nitrogens with zero attached hydrogens (tertiary/aromatic N) is 1. The first-order valence-electron chi connectivity index (χ1n) is 10.1. The molecule has 0 bridgehead atoms. The first kappa shape index (κ1) is 22.0. The van der Waals surface area contributed by atoms with Crippen LogP contribution in [-0.2, 0) is 0 Å². The van der Waals surface area contributed by atoms with Crippen molar-refractivity contribution in [1.82, 2.24) is 4.98 Å². The molecule has 0 spiro atoms. The molecule has 0 radical (unpaired) electrons. The number of benzene rings is 3. The Balaban J connectivity index is 1.52. The van der Waals surface area contributed by atoms with Gasteiger partial charge in [-0.25, -0.2) is 0 Å². The van der Waals surface area contributed by atoms with Gasteiger partial charge in [0.2, 0.25) is 0 Å². The Labute approximate surface area is 196 Å². The van der Waals surface area contributed by atoms with Crippen molar-refractivity contribution >= 4 is 34.8 Å². The molecule has 0 saturated carbocycles. The summed E-state index contributed by atoms with van der Waals surface area (Å²) in [5, 5.41) is 5.87. The lowest BCUT2D eigenvalue weighted by atomic mass is 10.0. The van der Waals surface area contributed by atoms with E-state index in [1.54, 1.807) is 36.4 Å². The van der Waals surface area contributed by atoms with Gasteiger partial charge in [0, 0.05) is 23.6 Å². The van der Waals surface area contributed by atoms with Crippen molar-refractivity contribution in [3.8, 4) is 16.9 Å². The fourth-order valence-corrected chi connectivity index (χ4v) is 3.44. The van der Waals surface area contributed by atoms with Crippen molar-refractivity contribution in [3.05, 3.63) is 107 Å². The second-order valence-electron chi connectivity index (χ2n) is 7.12. The number of carbonyl (C=O) groups excluding carboxylic acids is 2. The number of rotatable bonds is 6. The lowest BCUT2D eigenvalue weighted by Crippen LogP contribution is -2.16. The highest BCUT2D eigenvalue weighted by atomic mass is 35.5. The second-order valence-corrected chi connectivity index (χ2v) is 7.53. The standard InChI is InChI=1S/C26H20ClN3O3/c1-33-24-12-11-20(15-21(24)26(32)30-23-13-14-28-16-22(23)27)29-25(31)19-9-7-18(8-10-19)17-5-3-2-4-6-17/h2-16H,1H3,(H,29,31)(H,28,30,32). The van der Waals surface area contributed by atoms with Crippen molar-refractivity contribution in [2.24, 2.45) is 0 Å². The number of methoxy groups -OCH3 is 1. The van der Waals surface area contributed by atoms with E-state index in [-0.39, 0.29) is 11.5 Å². The largest absolute Gasteiger partial charge is 0.496 e. The van der Waals surface area contributed by atoms with E-state index < -0.39 is 5.91 Å². The van der Waals surface area contributed by atoms with E-state index in [2.05, 4.69) is 15.6 Å². The van der Waals surface area contributed by atoms with Gasteiger partial charge in [0.05, 0.1) is 23.4 Å². The number of amides is 2. The van der Waals surface area contributed by atoms with Gasteiger partial charge in [-0.3, -0.25) is 14.6 Å². The number of carbonyl (C=O) groups is 2. The molecule has 1 aromatic heterocycles. The van der Waals surface area contributed by atoms with Crippen LogP contribution in [-0.4, -0.2) is 23.9 Å². The average Bonchev–Trinajstić information content (AvgIpc) is 2.86. The van der Waals surface area contributed by atoms with Gasteiger partial charge in [0.15, 0.2) is 0 Å². The summed E-state index contributed by atoms with van der Waals surface area (Å²) in [7, 11) is 1.47. The molecule has 0 atom stereocenters. The number of ether oxygens (including phenoxy) is 1. The minimum atomic E-state index is -0.428. The SMILES string of the molecule is COc1ccc(NC(=O)c2ccc(-c3ccccc3)cc2)cc1C(=O)Nc1ccncc1Cl. The van der Waals surface area contributed by atoms with Gasteiger partial charge in [0.1, 0.15) is 5.75 Å². The smallest absolute Gasteiger partial charge is 0.259 e. The summed E-state index contributed by atoms with van der Waals surface area (Å²) in [6.45, 7) is 0. The Hall–Kier alpha value is -4.16. The van der Waals surface area contributed by atoms with Gasteiger partial charge in [-0.05, 0) is 47.5 Å². The highest BCUT2D eigenvalue weighted by Crippen LogP contribution is 2.26. The third kappa shape index (κ3) is 5.19. The molecule has 0 saturated heterocycles. The summed E-state index contributed by atoms with van der Waals surface area (Å²) in [5.41, 5.74) is 3.73. The van der Waals surface area contributed by atoms with E-state index >= 15 is 0 Å². The topological polar surface area (TPSA) is 80.3 Å². The van der Waals surface area contributed by atoms with Crippen molar-refractivity contribution in [3.63, 3.8) is 0 Å². The fraction of sp³-hybridized carbons (Fsp3) is 0.0385. The molecular weight excluding hydrogens is 438 g/mol. The van der Waals surface area contributed by atoms with Crippen LogP contribution in [0, 0.1) is 0 Å². The molecule has 6 nitrogen and oxygen atoms in total. The number of pyridine rings is 1. The average molecular weight is 458 g/mol. The molecule has 0 aliphatic rings. The maximum Gasteiger partial charge on any atom is 0.259 e. The van der Waals surface area contributed by atoms with Gasteiger partial charge in [-0.1, -0.05) is 54.1 Å². The van der Waals surface area contributed by atoms with Crippen LogP contribution < -0.4 is 15.4 Å². The predicted octanol–water partition coefficient (Wildman–Crippen LogP) is 5.92. The van der Waals surface area contributed by atoms with Gasteiger partial charge < -0.3 is 15.4 Å². The molecule has 3 aromatic carbocycles. The number of nitrogens with one attached hydrogen (secondary N) is 2. The molecule has 33 heavy (non-hydrogen) atoms. The van der Waals surface area contributed by atoms with E-state index in [9.17, 15) is 9.59 Å². The summed E-state index contributed by atoms with van der Waals surface area (Å²) < 4.78 is 5.32. The first-order chi connectivity index (χ1) is 16.0. The molecule has 0 aliphatic heterocycles. The monoisotopic (exact) mass is 457 g/mol. The fourth-order valence-electron chi connectivity index (χ4n) is 3.28. The molecule has 4 aromatic rings. The van der Waals surface area contributed by atoms with E-state index in [1.807, 2.05) is 42.5 Å². The van der Waals surface area contributed by atoms with Crippen LogP contribution in [0.15, 0.2) is 91.3 Å². The van der Waals surface area contributed by atoms with Crippen LogP contribution in [0.2, 0.25) is 5.02 Å². The highest BCUT2D eigenvalue weighted by Gasteiger charge is 2.16. The van der Waals surface area contributed by atoms with Crippen LogP contribution in [0.1, 0.15) is 20.7 Å². The first-order valence-corrected chi connectivity index (χ1v) is 10.5. The van der Waals surface area contributed by atoms with Gasteiger partial charge >= 0.3 is 0 Å². The zero-order chi connectivity index (χ0) is 23.2. The number of hydrogen-bond donors (Lipinski definition) is 2. The van der Waals surface area contributed by atoms with Crippen LogP contribution in [0.4, 0.5) is 11.4 Å². The molecule has 164 valence electrons. The molecular formula is C26H20ClN3O3. The molecule has 0 unspecified atom stereocenters. The van der Waals surface area contributed by atoms with E-state index in [1.165, 1.54) is 19.5 Å². The van der Waals surface area contributed by atoms with Crippen molar-refractivity contribution in [2.75, 3.05) is 17.7 Å². The third-order valence-corrected chi connectivity index (χ3v) is 5.28. The lowest BCUT2D eigenvalue weighted by Gasteiger charge is -2.13. The molecule has 0 aliphatic carbocycles. The van der Waals surface area contributed by atoms with Gasteiger partial charge in [0.25, 0.3) is 11.8 Å². The molecule has 2 amide bonds. The normalized spacial score (nSPS) is 10.4. The number of anilines is 2. The van der Waals surface area contributed by atoms with Crippen LogP contribution in [0.5, 0.6) is 5.75 Å². The Morgan fingerprint density at radius 1 is 0.848 bits per heavy atom. The number of aromatic nitrogens is 1. The maximum atomic E-state index is 12.8. The van der Waals surface area contributed by atoms with E-state index in [0.717, 1.165) is 11.1 Å². The van der Waals surface area contributed by atoms with Crippen LogP contribution >= 0.6 is 11.6 Å². The summed E-state index contributed by atoms with van der Waals surface area (Å²) in [5.74, 6) is -0.352. The Bertz CT molecular complexity index is 1290. The molecule has 0 fully saturated rings. The van der Waals surface area contributed by atoms with E-state index in [0.29, 0.717) is 27.7 Å². The Morgan fingerprint density at radius 3 is 2.27 bits per heavy atom. The molecule has 1 heterocycles. The lowest BCUT2D eigenvalue weighted by molar-refractivity contribution is 0.101. The minimum absolute atomic E-state index is 0.252. The summed E-state index contributed by atoms with van der Waals surface area (Å²) in [6, 6.07) is 23.7. The Morgan fingerprint density at radius 2 is 1.58 bits per heavy atom. The van der Waals surface area contributed by atoms with Crippen LogP contribution in [0.3, 0.4) is 0 Å². The summed E-state index contributed by atoms with van der Waals surface area (Å²) in [4.78, 5) is 29.5.